The number of pyridine rings is 1. The van der Waals surface area contributed by atoms with Gasteiger partial charge in [-0.25, -0.2) is 4.98 Å². The zero-order chi connectivity index (χ0) is 14.0. The van der Waals surface area contributed by atoms with Crippen molar-refractivity contribution in [3.05, 3.63) is 51.7 Å². The maximum atomic E-state index is 10.8. The van der Waals surface area contributed by atoms with Crippen LogP contribution < -0.4 is 4.74 Å². The van der Waals surface area contributed by atoms with E-state index in [1.54, 1.807) is 26.0 Å². The number of ether oxygens (including phenoxy) is 1. The number of hydrogen-bond donors (Lipinski definition) is 1. The van der Waals surface area contributed by atoms with Gasteiger partial charge < -0.3 is 9.84 Å². The number of aryl methyl sites for hydroxylation is 2. The average Bonchev–Trinajstić information content (AvgIpc) is 2.36. The lowest BCUT2D eigenvalue weighted by atomic mass is 10.1. The molecule has 0 saturated heterocycles. The molecule has 0 amide bonds. The van der Waals surface area contributed by atoms with Crippen LogP contribution in [0.3, 0.4) is 0 Å². The van der Waals surface area contributed by atoms with Gasteiger partial charge >= 0.3 is 5.69 Å². The first-order valence-electron chi connectivity index (χ1n) is 5.48. The molecule has 2 rings (SSSR count). The monoisotopic (exact) mass is 259 g/mol. The number of nitrogens with zero attached hydrogens (tertiary/aromatic N) is 2. The van der Waals surface area contributed by atoms with E-state index in [1.807, 2.05) is 0 Å². The Bertz CT molecular complexity index is 617. The molecule has 0 aliphatic rings. The van der Waals surface area contributed by atoms with Crippen LogP contribution in [0, 0.1) is 30.2 Å². The second kappa shape index (κ2) is 4.93. The van der Waals surface area contributed by atoms with Gasteiger partial charge in [0.1, 0.15) is 11.5 Å². The minimum atomic E-state index is -0.573. The molecule has 19 heavy (non-hydrogen) atoms. The number of phenols is 1. The van der Waals surface area contributed by atoms with Gasteiger partial charge in [0.25, 0.3) is 5.88 Å². The van der Waals surface area contributed by atoms with Crippen LogP contribution in [-0.4, -0.2) is 15.0 Å². The number of aromatic nitrogens is 1. The summed E-state index contributed by atoms with van der Waals surface area (Å²) in [5.41, 5.74) is 1.01. The SMILES string of the molecule is Cc1cc(Oc2n[c]ccc2[N+](=O)[O-])cc(C)c1O. The van der Waals surface area contributed by atoms with Crippen LogP contribution in [-0.2, 0) is 0 Å². The van der Waals surface area contributed by atoms with E-state index in [-0.39, 0.29) is 17.3 Å². The third kappa shape index (κ3) is 2.62. The summed E-state index contributed by atoms with van der Waals surface area (Å²) < 4.78 is 5.39. The summed E-state index contributed by atoms with van der Waals surface area (Å²) >= 11 is 0. The standard InChI is InChI=1S/C13H11N2O4/c1-8-6-10(7-9(2)12(8)16)19-13-11(15(17)18)4-3-5-14-13/h3-4,6-7,16H,1-2H3. The average molecular weight is 259 g/mol. The zero-order valence-electron chi connectivity index (χ0n) is 10.4. The van der Waals surface area contributed by atoms with Gasteiger partial charge in [-0.15, -0.1) is 0 Å². The summed E-state index contributed by atoms with van der Waals surface area (Å²) in [4.78, 5) is 14.0. The lowest BCUT2D eigenvalue weighted by molar-refractivity contribution is -0.386. The number of hydrogen-bond acceptors (Lipinski definition) is 5. The maximum absolute atomic E-state index is 10.8. The molecule has 0 atom stereocenters. The highest BCUT2D eigenvalue weighted by molar-refractivity contribution is 5.48. The minimum absolute atomic E-state index is 0.128. The Hall–Kier alpha value is -2.63. The molecule has 97 valence electrons. The molecule has 1 N–H and O–H groups in total. The van der Waals surface area contributed by atoms with Gasteiger partial charge in [0.15, 0.2) is 0 Å². The Kier molecular flexibility index (Phi) is 3.33. The van der Waals surface area contributed by atoms with Crippen molar-refractivity contribution in [3.8, 4) is 17.4 Å². The Morgan fingerprint density at radius 2 is 2.00 bits per heavy atom. The molecular formula is C13H11N2O4. The number of rotatable bonds is 3. The van der Waals surface area contributed by atoms with Crippen molar-refractivity contribution in [2.75, 3.05) is 0 Å². The van der Waals surface area contributed by atoms with E-state index < -0.39 is 4.92 Å². The summed E-state index contributed by atoms with van der Waals surface area (Å²) in [6.45, 7) is 3.43. The molecule has 0 fully saturated rings. The van der Waals surface area contributed by atoms with Crippen LogP contribution in [0.2, 0.25) is 0 Å². The van der Waals surface area contributed by atoms with Crippen LogP contribution in [0.4, 0.5) is 5.69 Å². The normalized spacial score (nSPS) is 10.2. The van der Waals surface area contributed by atoms with E-state index in [9.17, 15) is 15.2 Å². The molecule has 1 aromatic heterocycles. The lowest BCUT2D eigenvalue weighted by Gasteiger charge is -2.08. The molecule has 6 heteroatoms. The van der Waals surface area contributed by atoms with Crippen LogP contribution in [0.25, 0.3) is 0 Å². The quantitative estimate of drug-likeness (QED) is 0.676. The van der Waals surface area contributed by atoms with Gasteiger partial charge in [-0.3, -0.25) is 10.1 Å². The van der Waals surface area contributed by atoms with Gasteiger partial charge in [-0.05, 0) is 43.2 Å². The Morgan fingerprint density at radius 3 is 2.58 bits per heavy atom. The van der Waals surface area contributed by atoms with Crippen molar-refractivity contribution < 1.29 is 14.8 Å². The van der Waals surface area contributed by atoms with Crippen LogP contribution in [0.1, 0.15) is 11.1 Å². The van der Waals surface area contributed by atoms with Gasteiger partial charge in [0.05, 0.1) is 11.1 Å². The molecule has 0 unspecified atom stereocenters. The van der Waals surface area contributed by atoms with Crippen molar-refractivity contribution in [1.29, 1.82) is 0 Å². The number of benzene rings is 1. The summed E-state index contributed by atoms with van der Waals surface area (Å²) in [5.74, 6) is 0.425. The third-order valence-corrected chi connectivity index (χ3v) is 2.58. The largest absolute Gasteiger partial charge is 0.507 e. The van der Waals surface area contributed by atoms with Gasteiger partial charge in [0.2, 0.25) is 0 Å². The number of phenolic OH excluding ortho intramolecular Hbond substituents is 1. The summed E-state index contributed by atoms with van der Waals surface area (Å²) in [6.07, 6.45) is 2.49. The molecule has 1 aromatic carbocycles. The van der Waals surface area contributed by atoms with E-state index in [1.165, 1.54) is 12.1 Å². The fourth-order valence-electron chi connectivity index (χ4n) is 1.64. The molecular weight excluding hydrogens is 248 g/mol. The second-order valence-corrected chi connectivity index (χ2v) is 4.03. The summed E-state index contributed by atoms with van der Waals surface area (Å²) in [6, 6.07) is 5.78. The smallest absolute Gasteiger partial charge is 0.331 e. The molecule has 2 aromatic rings. The first-order chi connectivity index (χ1) is 8.99. The first-order valence-corrected chi connectivity index (χ1v) is 5.48. The maximum Gasteiger partial charge on any atom is 0.331 e. The number of aromatic hydroxyl groups is 1. The highest BCUT2D eigenvalue weighted by Gasteiger charge is 2.17. The second-order valence-electron chi connectivity index (χ2n) is 4.03. The van der Waals surface area contributed by atoms with E-state index in [0.29, 0.717) is 16.9 Å². The predicted octanol–water partition coefficient (Wildman–Crippen LogP) is 2.90. The van der Waals surface area contributed by atoms with Crippen LogP contribution in [0.15, 0.2) is 24.3 Å². The molecule has 6 nitrogen and oxygen atoms in total. The van der Waals surface area contributed by atoms with Crippen LogP contribution >= 0.6 is 0 Å². The van der Waals surface area contributed by atoms with E-state index in [2.05, 4.69) is 11.2 Å². The summed E-state index contributed by atoms with van der Waals surface area (Å²) in [5, 5.41) is 20.5. The predicted molar refractivity (Wildman–Crippen MR) is 67.4 cm³/mol. The van der Waals surface area contributed by atoms with Crippen molar-refractivity contribution in [3.63, 3.8) is 0 Å². The lowest BCUT2D eigenvalue weighted by Crippen LogP contribution is -1.96. The van der Waals surface area contributed by atoms with Gasteiger partial charge in [0, 0.05) is 6.07 Å². The van der Waals surface area contributed by atoms with Crippen molar-refractivity contribution in [1.82, 2.24) is 4.98 Å². The number of nitro groups is 1. The molecule has 1 heterocycles. The topological polar surface area (TPSA) is 85.5 Å². The third-order valence-electron chi connectivity index (χ3n) is 2.58. The summed E-state index contributed by atoms with van der Waals surface area (Å²) in [7, 11) is 0. The Balaban J connectivity index is 2.39. The van der Waals surface area contributed by atoms with Gasteiger partial charge in [-0.2, -0.15) is 0 Å². The van der Waals surface area contributed by atoms with E-state index in [4.69, 9.17) is 4.74 Å². The van der Waals surface area contributed by atoms with Gasteiger partial charge in [-0.1, -0.05) is 0 Å². The Labute approximate surface area is 109 Å². The molecule has 0 aliphatic carbocycles. The van der Waals surface area contributed by atoms with Crippen molar-refractivity contribution >= 4 is 5.69 Å². The van der Waals surface area contributed by atoms with Crippen LogP contribution in [0.5, 0.6) is 17.4 Å². The minimum Gasteiger partial charge on any atom is -0.507 e. The highest BCUT2D eigenvalue weighted by Crippen LogP contribution is 2.32. The molecule has 0 saturated carbocycles. The molecule has 0 bridgehead atoms. The molecule has 1 radical (unpaired) electrons. The molecule has 0 spiro atoms. The Morgan fingerprint density at radius 1 is 1.37 bits per heavy atom. The van der Waals surface area contributed by atoms with Crippen molar-refractivity contribution in [2.45, 2.75) is 13.8 Å². The van der Waals surface area contributed by atoms with E-state index in [0.717, 1.165) is 0 Å². The molecule has 0 aliphatic heterocycles. The fraction of sp³-hybridized carbons (Fsp3) is 0.154. The first kappa shape index (κ1) is 12.8. The van der Waals surface area contributed by atoms with Crippen molar-refractivity contribution in [2.24, 2.45) is 0 Å². The fourth-order valence-corrected chi connectivity index (χ4v) is 1.64. The van der Waals surface area contributed by atoms with E-state index >= 15 is 0 Å². The zero-order valence-corrected chi connectivity index (χ0v) is 10.4. The highest BCUT2D eigenvalue weighted by atomic mass is 16.6.